The highest BCUT2D eigenvalue weighted by molar-refractivity contribution is 5.95. The first-order valence-electron chi connectivity index (χ1n) is 4.96. The fraction of sp³-hybridized carbons (Fsp3) is 0.417. The Labute approximate surface area is 85.2 Å². The van der Waals surface area contributed by atoms with Crippen molar-refractivity contribution in [1.82, 2.24) is 4.57 Å². The van der Waals surface area contributed by atoms with E-state index in [0.717, 1.165) is 12.1 Å². The lowest BCUT2D eigenvalue weighted by Gasteiger charge is -1.97. The second-order valence-corrected chi connectivity index (χ2v) is 3.66. The van der Waals surface area contributed by atoms with E-state index in [0.29, 0.717) is 6.42 Å². The van der Waals surface area contributed by atoms with Gasteiger partial charge in [0.15, 0.2) is 5.78 Å². The lowest BCUT2D eigenvalue weighted by atomic mass is 10.2. The molecule has 0 bridgehead atoms. The summed E-state index contributed by atoms with van der Waals surface area (Å²) in [7, 11) is 0. The fourth-order valence-electron chi connectivity index (χ4n) is 1.21. The largest absolute Gasteiger partial charge is 0.350 e. The molecule has 14 heavy (non-hydrogen) atoms. The third kappa shape index (κ3) is 2.87. The zero-order valence-electron chi connectivity index (χ0n) is 9.08. The van der Waals surface area contributed by atoms with E-state index in [1.165, 1.54) is 5.57 Å². The maximum Gasteiger partial charge on any atom is 0.164 e. The van der Waals surface area contributed by atoms with Crippen molar-refractivity contribution >= 4 is 5.78 Å². The number of Topliss-reactive ketones (excluding diaryl/α,β-unsaturated/α-hetero) is 1. The Kier molecular flexibility index (Phi) is 3.69. The Morgan fingerprint density at radius 1 is 1.50 bits per heavy atom. The van der Waals surface area contributed by atoms with Crippen LogP contribution in [0.15, 0.2) is 30.1 Å². The Morgan fingerprint density at radius 2 is 2.21 bits per heavy atom. The maximum atomic E-state index is 11.3. The van der Waals surface area contributed by atoms with Gasteiger partial charge in [-0.2, -0.15) is 0 Å². The first kappa shape index (κ1) is 10.8. The molecule has 2 nitrogen and oxygen atoms in total. The summed E-state index contributed by atoms with van der Waals surface area (Å²) in [5.41, 5.74) is 2.11. The highest BCUT2D eigenvalue weighted by Gasteiger charge is 2.03. The molecule has 0 N–H and O–H groups in total. The Bertz CT molecular complexity index is 343. The van der Waals surface area contributed by atoms with Gasteiger partial charge in [-0.05, 0) is 19.9 Å². The van der Waals surface area contributed by atoms with Crippen LogP contribution in [0.2, 0.25) is 0 Å². The van der Waals surface area contributed by atoms with Crippen molar-refractivity contribution in [2.45, 2.75) is 33.7 Å². The third-order valence-corrected chi connectivity index (χ3v) is 2.10. The maximum absolute atomic E-state index is 11.3. The lowest BCUT2D eigenvalue weighted by molar-refractivity contribution is 0.0988. The molecule has 0 radical (unpaired) electrons. The molecule has 0 aliphatic carbocycles. The summed E-state index contributed by atoms with van der Waals surface area (Å²) in [6.45, 7) is 6.87. The van der Waals surface area contributed by atoms with E-state index in [1.54, 1.807) is 0 Å². The SMILES string of the molecule is CCC(=O)c1ccn(CC=C(C)C)c1. The summed E-state index contributed by atoms with van der Waals surface area (Å²) < 4.78 is 2.02. The van der Waals surface area contributed by atoms with Crippen LogP contribution in [-0.2, 0) is 6.54 Å². The van der Waals surface area contributed by atoms with Crippen LogP contribution >= 0.6 is 0 Å². The summed E-state index contributed by atoms with van der Waals surface area (Å²) in [5, 5.41) is 0. The molecule has 76 valence electrons. The summed E-state index contributed by atoms with van der Waals surface area (Å²) in [6, 6.07) is 1.88. The molecule has 1 rings (SSSR count). The summed E-state index contributed by atoms with van der Waals surface area (Å²) in [5.74, 6) is 0.209. The van der Waals surface area contributed by atoms with Crippen molar-refractivity contribution in [3.63, 3.8) is 0 Å². The third-order valence-electron chi connectivity index (χ3n) is 2.10. The standard InChI is InChI=1S/C12H17NO/c1-4-12(14)11-6-8-13(9-11)7-5-10(2)3/h5-6,8-9H,4,7H2,1-3H3. The zero-order chi connectivity index (χ0) is 10.6. The van der Waals surface area contributed by atoms with Crippen molar-refractivity contribution < 1.29 is 4.79 Å². The van der Waals surface area contributed by atoms with Crippen molar-refractivity contribution in [2.75, 3.05) is 0 Å². The van der Waals surface area contributed by atoms with Gasteiger partial charge in [-0.1, -0.05) is 18.6 Å². The van der Waals surface area contributed by atoms with Gasteiger partial charge >= 0.3 is 0 Å². The Morgan fingerprint density at radius 3 is 2.79 bits per heavy atom. The average molecular weight is 191 g/mol. The lowest BCUT2D eigenvalue weighted by Crippen LogP contribution is -1.95. The number of hydrogen-bond donors (Lipinski definition) is 0. The van der Waals surface area contributed by atoms with Crippen molar-refractivity contribution in [2.24, 2.45) is 0 Å². The Hall–Kier alpha value is -1.31. The van der Waals surface area contributed by atoms with Gasteiger partial charge < -0.3 is 4.57 Å². The van der Waals surface area contributed by atoms with Gasteiger partial charge in [0, 0.05) is 30.9 Å². The second kappa shape index (κ2) is 4.80. The van der Waals surface area contributed by atoms with Crippen LogP contribution in [0.4, 0.5) is 0 Å². The molecule has 1 aromatic heterocycles. The number of nitrogens with zero attached hydrogens (tertiary/aromatic N) is 1. The molecule has 0 aliphatic rings. The van der Waals surface area contributed by atoms with Crippen LogP contribution in [0.5, 0.6) is 0 Å². The van der Waals surface area contributed by atoms with Gasteiger partial charge in [-0.15, -0.1) is 0 Å². The van der Waals surface area contributed by atoms with E-state index in [-0.39, 0.29) is 5.78 Å². The summed E-state index contributed by atoms with van der Waals surface area (Å²) in [6.07, 6.45) is 6.57. The minimum atomic E-state index is 0.209. The summed E-state index contributed by atoms with van der Waals surface area (Å²) in [4.78, 5) is 11.3. The van der Waals surface area contributed by atoms with Crippen molar-refractivity contribution in [3.05, 3.63) is 35.7 Å². The average Bonchev–Trinajstić information content (AvgIpc) is 2.62. The van der Waals surface area contributed by atoms with E-state index in [9.17, 15) is 4.79 Å². The molecule has 0 saturated heterocycles. The van der Waals surface area contributed by atoms with E-state index < -0.39 is 0 Å². The van der Waals surface area contributed by atoms with Crippen LogP contribution in [-0.4, -0.2) is 10.4 Å². The number of rotatable bonds is 4. The van der Waals surface area contributed by atoms with Crippen LogP contribution in [0.25, 0.3) is 0 Å². The van der Waals surface area contributed by atoms with Gasteiger partial charge in [-0.3, -0.25) is 4.79 Å². The molecule has 1 aromatic rings. The van der Waals surface area contributed by atoms with Crippen LogP contribution in [0.1, 0.15) is 37.6 Å². The second-order valence-electron chi connectivity index (χ2n) is 3.66. The molecular weight excluding hydrogens is 174 g/mol. The first-order chi connectivity index (χ1) is 6.63. The van der Waals surface area contributed by atoms with E-state index in [2.05, 4.69) is 19.9 Å². The van der Waals surface area contributed by atoms with E-state index >= 15 is 0 Å². The minimum absolute atomic E-state index is 0.209. The number of carbonyl (C=O) groups is 1. The quantitative estimate of drug-likeness (QED) is 0.529. The molecule has 1 heterocycles. The molecule has 0 aromatic carbocycles. The van der Waals surface area contributed by atoms with Gasteiger partial charge in [0.05, 0.1) is 0 Å². The summed E-state index contributed by atoms with van der Waals surface area (Å²) >= 11 is 0. The van der Waals surface area contributed by atoms with Crippen molar-refractivity contribution in [3.8, 4) is 0 Å². The smallest absolute Gasteiger partial charge is 0.164 e. The van der Waals surface area contributed by atoms with Crippen molar-refractivity contribution in [1.29, 1.82) is 0 Å². The molecule has 2 heteroatoms. The number of hydrogen-bond acceptors (Lipinski definition) is 1. The van der Waals surface area contributed by atoms with Crippen LogP contribution in [0.3, 0.4) is 0 Å². The molecule has 0 aliphatic heterocycles. The molecule has 0 atom stereocenters. The molecule has 0 saturated carbocycles. The predicted molar refractivity (Wildman–Crippen MR) is 58.5 cm³/mol. The molecule has 0 spiro atoms. The molecule has 0 fully saturated rings. The Balaban J connectivity index is 2.69. The fourth-order valence-corrected chi connectivity index (χ4v) is 1.21. The van der Waals surface area contributed by atoms with Crippen LogP contribution < -0.4 is 0 Å². The van der Waals surface area contributed by atoms with Gasteiger partial charge in [0.1, 0.15) is 0 Å². The van der Waals surface area contributed by atoms with Crippen LogP contribution in [0, 0.1) is 0 Å². The first-order valence-corrected chi connectivity index (χ1v) is 4.96. The number of aromatic nitrogens is 1. The molecular formula is C12H17NO. The highest BCUT2D eigenvalue weighted by atomic mass is 16.1. The predicted octanol–water partition coefficient (Wildman–Crippen LogP) is 3.05. The minimum Gasteiger partial charge on any atom is -0.350 e. The topological polar surface area (TPSA) is 22.0 Å². The zero-order valence-corrected chi connectivity index (χ0v) is 9.08. The van der Waals surface area contributed by atoms with Gasteiger partial charge in [-0.25, -0.2) is 0 Å². The van der Waals surface area contributed by atoms with E-state index in [1.807, 2.05) is 30.0 Å². The molecule has 0 unspecified atom stereocenters. The monoisotopic (exact) mass is 191 g/mol. The highest BCUT2D eigenvalue weighted by Crippen LogP contribution is 2.05. The number of carbonyl (C=O) groups excluding carboxylic acids is 1. The van der Waals surface area contributed by atoms with E-state index in [4.69, 9.17) is 0 Å². The number of ketones is 1. The van der Waals surface area contributed by atoms with Gasteiger partial charge in [0.2, 0.25) is 0 Å². The van der Waals surface area contributed by atoms with Gasteiger partial charge in [0.25, 0.3) is 0 Å². The number of allylic oxidation sites excluding steroid dienone is 2. The normalized spacial score (nSPS) is 9.93. The molecule has 0 amide bonds.